The summed E-state index contributed by atoms with van der Waals surface area (Å²) in [6.45, 7) is 5.44. The smallest absolute Gasteiger partial charge is 0.435 e. The summed E-state index contributed by atoms with van der Waals surface area (Å²) in [6.07, 6.45) is -0.506. The van der Waals surface area contributed by atoms with Gasteiger partial charge in [-0.15, -0.1) is 0 Å². The molecule has 0 fully saturated rings. The highest BCUT2D eigenvalue weighted by atomic mass is 79.9. The summed E-state index contributed by atoms with van der Waals surface area (Å²) in [5.41, 5.74) is 0.107. The van der Waals surface area contributed by atoms with E-state index < -0.39 is 11.7 Å². The van der Waals surface area contributed by atoms with Gasteiger partial charge in [0, 0.05) is 5.39 Å². The first kappa shape index (κ1) is 13.9. The van der Waals surface area contributed by atoms with Crippen LogP contribution >= 0.6 is 15.9 Å². The van der Waals surface area contributed by atoms with Gasteiger partial charge < -0.3 is 9.47 Å². The maximum absolute atomic E-state index is 12.1. The van der Waals surface area contributed by atoms with E-state index in [-0.39, 0.29) is 0 Å². The van der Waals surface area contributed by atoms with Gasteiger partial charge in [0.25, 0.3) is 0 Å². The number of hydrogen-bond donors (Lipinski definition) is 0. The Morgan fingerprint density at radius 1 is 1.37 bits per heavy atom. The molecule has 0 N–H and O–H groups in total. The van der Waals surface area contributed by atoms with Crippen LogP contribution in [0.2, 0.25) is 0 Å². The van der Waals surface area contributed by atoms with Gasteiger partial charge in [0.15, 0.2) is 0 Å². The zero-order valence-corrected chi connectivity index (χ0v) is 12.8. The summed E-state index contributed by atoms with van der Waals surface area (Å²) in [4.78, 5) is 12.1. The van der Waals surface area contributed by atoms with Gasteiger partial charge in [-0.25, -0.2) is 4.79 Å². The second kappa shape index (κ2) is 4.85. The third-order valence-electron chi connectivity index (χ3n) is 2.41. The predicted octanol–water partition coefficient (Wildman–Crippen LogP) is 3.59. The fourth-order valence-electron chi connectivity index (χ4n) is 1.63. The number of ether oxygens (including phenoxy) is 2. The molecule has 2 aromatic rings. The van der Waals surface area contributed by atoms with Crippen LogP contribution < -0.4 is 4.74 Å². The molecular weight excluding hydrogens is 312 g/mol. The molecule has 0 aliphatic rings. The number of benzene rings is 1. The average Bonchev–Trinajstić information content (AvgIpc) is 2.64. The number of methoxy groups -OCH3 is 1. The van der Waals surface area contributed by atoms with E-state index in [0.29, 0.717) is 15.9 Å². The molecule has 6 heteroatoms. The zero-order chi connectivity index (χ0) is 14.2. The lowest BCUT2D eigenvalue weighted by Crippen LogP contribution is -2.27. The van der Waals surface area contributed by atoms with Crippen LogP contribution in [0.3, 0.4) is 0 Å². The molecular formula is C13H15BrN2O3. The van der Waals surface area contributed by atoms with Crippen LogP contribution in [0.25, 0.3) is 10.9 Å². The van der Waals surface area contributed by atoms with Gasteiger partial charge in [0.2, 0.25) is 0 Å². The first-order chi connectivity index (χ1) is 8.81. The van der Waals surface area contributed by atoms with E-state index in [9.17, 15) is 4.79 Å². The monoisotopic (exact) mass is 326 g/mol. The van der Waals surface area contributed by atoms with E-state index in [1.807, 2.05) is 26.8 Å². The summed E-state index contributed by atoms with van der Waals surface area (Å²) in [7, 11) is 1.59. The molecule has 0 unspecified atom stereocenters. The molecule has 0 bridgehead atoms. The Labute approximate surface area is 119 Å². The van der Waals surface area contributed by atoms with Gasteiger partial charge in [-0.05, 0) is 54.9 Å². The molecule has 0 spiro atoms. The fraction of sp³-hybridized carbons (Fsp3) is 0.385. The third-order valence-corrected chi connectivity index (χ3v) is 2.99. The van der Waals surface area contributed by atoms with Crippen molar-refractivity contribution in [2.45, 2.75) is 26.4 Å². The Kier molecular flexibility index (Phi) is 3.54. The van der Waals surface area contributed by atoms with E-state index in [2.05, 4.69) is 21.0 Å². The Morgan fingerprint density at radius 3 is 2.63 bits per heavy atom. The van der Waals surface area contributed by atoms with Gasteiger partial charge in [-0.2, -0.15) is 9.78 Å². The lowest BCUT2D eigenvalue weighted by atomic mass is 10.2. The van der Waals surface area contributed by atoms with Crippen molar-refractivity contribution in [3.8, 4) is 5.75 Å². The standard InChI is InChI=1S/C13H15BrN2O3/c1-13(2,3)19-12(17)16-10-6-5-8(18-4)7-9(10)11(14)15-16/h5-7H,1-4H3. The van der Waals surface area contributed by atoms with Crippen molar-refractivity contribution in [2.24, 2.45) is 0 Å². The summed E-state index contributed by atoms with van der Waals surface area (Å²) in [5.74, 6) is 0.705. The minimum Gasteiger partial charge on any atom is -0.497 e. The Balaban J connectivity index is 2.48. The number of carbonyl (C=O) groups is 1. The molecule has 0 amide bonds. The Bertz CT molecular complexity index is 629. The normalized spacial score (nSPS) is 11.6. The number of hydrogen-bond acceptors (Lipinski definition) is 4. The Morgan fingerprint density at radius 2 is 2.05 bits per heavy atom. The highest BCUT2D eigenvalue weighted by Gasteiger charge is 2.21. The minimum atomic E-state index is -0.561. The number of aromatic nitrogens is 2. The number of rotatable bonds is 1. The summed E-state index contributed by atoms with van der Waals surface area (Å²) >= 11 is 3.33. The van der Waals surface area contributed by atoms with E-state index in [1.54, 1.807) is 19.2 Å². The van der Waals surface area contributed by atoms with Gasteiger partial charge in [0.1, 0.15) is 16.0 Å². The van der Waals surface area contributed by atoms with Crippen LogP contribution in [-0.2, 0) is 4.74 Å². The quantitative estimate of drug-likeness (QED) is 0.803. The second-order valence-corrected chi connectivity index (χ2v) is 5.82. The molecule has 1 aromatic carbocycles. The maximum Gasteiger partial charge on any atom is 0.435 e. The molecule has 1 aromatic heterocycles. The number of fused-ring (bicyclic) bond motifs is 1. The SMILES string of the molecule is COc1ccc2c(c1)c(Br)nn2C(=O)OC(C)(C)C. The van der Waals surface area contributed by atoms with Crippen molar-refractivity contribution in [3.05, 3.63) is 22.8 Å². The van der Waals surface area contributed by atoms with Crippen LogP contribution in [0.4, 0.5) is 4.79 Å². The van der Waals surface area contributed by atoms with Gasteiger partial charge >= 0.3 is 6.09 Å². The molecule has 102 valence electrons. The van der Waals surface area contributed by atoms with E-state index in [0.717, 1.165) is 5.39 Å². The predicted molar refractivity (Wildman–Crippen MR) is 75.6 cm³/mol. The molecule has 0 saturated heterocycles. The zero-order valence-electron chi connectivity index (χ0n) is 11.2. The van der Waals surface area contributed by atoms with E-state index in [1.165, 1.54) is 4.68 Å². The van der Waals surface area contributed by atoms with Crippen LogP contribution in [0, 0.1) is 0 Å². The highest BCUT2D eigenvalue weighted by molar-refractivity contribution is 9.10. The third kappa shape index (κ3) is 2.89. The van der Waals surface area contributed by atoms with Crippen molar-refractivity contribution in [1.29, 1.82) is 0 Å². The van der Waals surface area contributed by atoms with Crippen molar-refractivity contribution in [3.63, 3.8) is 0 Å². The second-order valence-electron chi connectivity index (χ2n) is 5.07. The molecule has 0 saturated carbocycles. The van der Waals surface area contributed by atoms with Crippen LogP contribution in [-0.4, -0.2) is 28.6 Å². The lowest BCUT2D eigenvalue weighted by molar-refractivity contribution is 0.0522. The molecule has 19 heavy (non-hydrogen) atoms. The summed E-state index contributed by atoms with van der Waals surface area (Å²) in [5, 5.41) is 4.95. The fourth-order valence-corrected chi connectivity index (χ4v) is 2.11. The largest absolute Gasteiger partial charge is 0.497 e. The van der Waals surface area contributed by atoms with Crippen LogP contribution in [0.5, 0.6) is 5.75 Å². The molecule has 0 atom stereocenters. The van der Waals surface area contributed by atoms with E-state index >= 15 is 0 Å². The molecule has 0 radical (unpaired) electrons. The molecule has 0 aliphatic heterocycles. The van der Waals surface area contributed by atoms with Gasteiger partial charge in [0.05, 0.1) is 12.6 Å². The number of halogens is 1. The summed E-state index contributed by atoms with van der Waals surface area (Å²) < 4.78 is 12.3. The van der Waals surface area contributed by atoms with Crippen LogP contribution in [0.15, 0.2) is 22.8 Å². The maximum atomic E-state index is 12.1. The summed E-state index contributed by atoms with van der Waals surface area (Å²) in [6, 6.07) is 5.36. The average molecular weight is 327 g/mol. The van der Waals surface area contributed by atoms with Crippen LogP contribution in [0.1, 0.15) is 20.8 Å². The highest BCUT2D eigenvalue weighted by Crippen LogP contribution is 2.27. The van der Waals surface area contributed by atoms with E-state index in [4.69, 9.17) is 9.47 Å². The number of carbonyl (C=O) groups excluding carboxylic acids is 1. The van der Waals surface area contributed by atoms with Crippen molar-refractivity contribution >= 4 is 32.9 Å². The molecule has 1 heterocycles. The molecule has 5 nitrogen and oxygen atoms in total. The molecule has 2 rings (SSSR count). The molecule has 0 aliphatic carbocycles. The topological polar surface area (TPSA) is 53.4 Å². The lowest BCUT2D eigenvalue weighted by Gasteiger charge is -2.19. The van der Waals surface area contributed by atoms with Gasteiger partial charge in [-0.3, -0.25) is 0 Å². The minimum absolute atomic E-state index is 0.506. The number of nitrogens with zero attached hydrogens (tertiary/aromatic N) is 2. The first-order valence-electron chi connectivity index (χ1n) is 5.77. The van der Waals surface area contributed by atoms with Gasteiger partial charge in [-0.1, -0.05) is 0 Å². The van der Waals surface area contributed by atoms with Crippen molar-refractivity contribution in [2.75, 3.05) is 7.11 Å². The Hall–Kier alpha value is -1.56. The first-order valence-corrected chi connectivity index (χ1v) is 6.57. The van der Waals surface area contributed by atoms with Crippen molar-refractivity contribution in [1.82, 2.24) is 9.78 Å². The van der Waals surface area contributed by atoms with Crippen molar-refractivity contribution < 1.29 is 14.3 Å².